The fourth-order valence-corrected chi connectivity index (χ4v) is 3.93. The average Bonchev–Trinajstić information content (AvgIpc) is 2.99. The summed E-state index contributed by atoms with van der Waals surface area (Å²) in [6, 6.07) is 14.6. The zero-order valence-electron chi connectivity index (χ0n) is 13.7. The average molecular weight is 322 g/mol. The van der Waals surface area contributed by atoms with Crippen LogP contribution in [0.25, 0.3) is 6.08 Å². The summed E-state index contributed by atoms with van der Waals surface area (Å²) in [7, 11) is 0. The van der Waals surface area contributed by atoms with Crippen molar-refractivity contribution in [2.75, 3.05) is 11.4 Å². The van der Waals surface area contributed by atoms with E-state index in [1.165, 1.54) is 17.7 Å². The van der Waals surface area contributed by atoms with Crippen LogP contribution in [0.2, 0.25) is 0 Å². The molecule has 2 heterocycles. The van der Waals surface area contributed by atoms with E-state index >= 15 is 0 Å². The molecule has 24 heavy (non-hydrogen) atoms. The maximum absolute atomic E-state index is 13.1. The third-order valence-electron chi connectivity index (χ3n) is 5.27. The molecule has 0 bridgehead atoms. The zero-order valence-corrected chi connectivity index (χ0v) is 13.7. The number of benzene rings is 2. The SMILES string of the molecule is CC1(C)c2ccccc2N2CC(=O)N[C@]21/C=C/c1ccc(F)cc1. The summed E-state index contributed by atoms with van der Waals surface area (Å²) in [5, 5.41) is 3.17. The molecule has 0 radical (unpaired) electrons. The van der Waals surface area contributed by atoms with Gasteiger partial charge in [-0.2, -0.15) is 0 Å². The standard InChI is InChI=1S/C20H19FN2O/c1-19(2)16-5-3-4-6-17(16)23-13-18(24)22-20(19,23)12-11-14-7-9-15(21)10-8-14/h3-12H,13H2,1-2H3,(H,22,24)/b12-11+/t20-/m1/s1. The number of amides is 1. The van der Waals surface area contributed by atoms with Gasteiger partial charge < -0.3 is 10.2 Å². The Kier molecular flexibility index (Phi) is 3.07. The molecule has 0 aromatic heterocycles. The molecule has 2 aliphatic rings. The molecule has 4 rings (SSSR count). The fourth-order valence-electron chi connectivity index (χ4n) is 3.93. The van der Waals surface area contributed by atoms with Crippen LogP contribution in [0.15, 0.2) is 54.6 Å². The number of carbonyl (C=O) groups is 1. The van der Waals surface area contributed by atoms with Crippen LogP contribution < -0.4 is 10.2 Å². The summed E-state index contributed by atoms with van der Waals surface area (Å²) in [6.45, 7) is 4.63. The van der Waals surface area contributed by atoms with Gasteiger partial charge in [0, 0.05) is 11.1 Å². The largest absolute Gasteiger partial charge is 0.335 e. The molecule has 1 fully saturated rings. The Morgan fingerprint density at radius 3 is 2.58 bits per heavy atom. The van der Waals surface area contributed by atoms with E-state index in [0.717, 1.165) is 11.3 Å². The topological polar surface area (TPSA) is 32.3 Å². The van der Waals surface area contributed by atoms with E-state index in [4.69, 9.17) is 0 Å². The first-order chi connectivity index (χ1) is 11.4. The highest BCUT2D eigenvalue weighted by Crippen LogP contribution is 2.52. The van der Waals surface area contributed by atoms with Gasteiger partial charge in [0.25, 0.3) is 0 Å². The minimum Gasteiger partial charge on any atom is -0.335 e. The molecule has 122 valence electrons. The van der Waals surface area contributed by atoms with Crippen molar-refractivity contribution in [3.05, 3.63) is 71.6 Å². The molecule has 1 N–H and O–H groups in total. The molecule has 3 nitrogen and oxygen atoms in total. The number of para-hydroxylation sites is 1. The van der Waals surface area contributed by atoms with Gasteiger partial charge in [-0.05, 0) is 35.4 Å². The minimum absolute atomic E-state index is 0.0151. The second-order valence-electron chi connectivity index (χ2n) is 6.93. The lowest BCUT2D eigenvalue weighted by molar-refractivity contribution is -0.118. The normalized spacial score (nSPS) is 24.1. The lowest BCUT2D eigenvalue weighted by atomic mass is 9.75. The van der Waals surface area contributed by atoms with Gasteiger partial charge >= 0.3 is 0 Å². The van der Waals surface area contributed by atoms with E-state index < -0.39 is 5.66 Å². The number of carbonyl (C=O) groups excluding carboxylic acids is 1. The van der Waals surface area contributed by atoms with Gasteiger partial charge in [0.15, 0.2) is 0 Å². The van der Waals surface area contributed by atoms with Crippen LogP contribution in [0.1, 0.15) is 25.0 Å². The van der Waals surface area contributed by atoms with Gasteiger partial charge in [0.05, 0.1) is 6.54 Å². The highest BCUT2D eigenvalue weighted by molar-refractivity contribution is 5.91. The van der Waals surface area contributed by atoms with E-state index in [1.807, 2.05) is 24.3 Å². The summed E-state index contributed by atoms with van der Waals surface area (Å²) >= 11 is 0. The molecule has 1 saturated heterocycles. The first kappa shape index (κ1) is 14.9. The molecule has 2 aliphatic heterocycles. The van der Waals surface area contributed by atoms with Crippen molar-refractivity contribution in [1.82, 2.24) is 5.32 Å². The van der Waals surface area contributed by atoms with Crippen molar-refractivity contribution in [2.45, 2.75) is 24.9 Å². The Morgan fingerprint density at radius 1 is 1.12 bits per heavy atom. The third kappa shape index (κ3) is 1.92. The van der Waals surface area contributed by atoms with Gasteiger partial charge in [-0.25, -0.2) is 4.39 Å². The van der Waals surface area contributed by atoms with Crippen LogP contribution in [0.4, 0.5) is 10.1 Å². The summed E-state index contributed by atoms with van der Waals surface area (Å²) in [5.41, 5.74) is 2.31. The summed E-state index contributed by atoms with van der Waals surface area (Å²) < 4.78 is 13.1. The van der Waals surface area contributed by atoms with Gasteiger partial charge in [-0.3, -0.25) is 4.79 Å². The van der Waals surface area contributed by atoms with E-state index in [9.17, 15) is 9.18 Å². The van der Waals surface area contributed by atoms with Crippen LogP contribution >= 0.6 is 0 Å². The smallest absolute Gasteiger partial charge is 0.241 e. The summed E-state index contributed by atoms with van der Waals surface area (Å²) in [5.74, 6) is -0.240. The number of hydrogen-bond acceptors (Lipinski definition) is 2. The van der Waals surface area contributed by atoms with Crippen LogP contribution in [-0.2, 0) is 10.2 Å². The third-order valence-corrected chi connectivity index (χ3v) is 5.27. The quantitative estimate of drug-likeness (QED) is 0.918. The van der Waals surface area contributed by atoms with Crippen LogP contribution in [0, 0.1) is 5.82 Å². The van der Waals surface area contributed by atoms with E-state index in [1.54, 1.807) is 12.1 Å². The Balaban J connectivity index is 1.82. The van der Waals surface area contributed by atoms with Gasteiger partial charge in [0.1, 0.15) is 11.5 Å². The predicted molar refractivity (Wildman–Crippen MR) is 93.1 cm³/mol. The molecule has 0 unspecified atom stereocenters. The minimum atomic E-state index is -0.609. The monoisotopic (exact) mass is 322 g/mol. The lowest BCUT2D eigenvalue weighted by Gasteiger charge is -2.40. The number of hydrogen-bond donors (Lipinski definition) is 1. The maximum atomic E-state index is 13.1. The Hall–Kier alpha value is -2.62. The van der Waals surface area contributed by atoms with Crippen molar-refractivity contribution in [3.63, 3.8) is 0 Å². The fraction of sp³-hybridized carbons (Fsp3) is 0.250. The summed E-state index contributed by atoms with van der Waals surface area (Å²) in [6.07, 6.45) is 3.98. The van der Waals surface area contributed by atoms with Gasteiger partial charge in [0.2, 0.25) is 5.91 Å². The second kappa shape index (κ2) is 4.94. The number of rotatable bonds is 2. The van der Waals surface area contributed by atoms with E-state index in [0.29, 0.717) is 6.54 Å². The maximum Gasteiger partial charge on any atom is 0.241 e. The molecule has 1 amide bonds. The van der Waals surface area contributed by atoms with Crippen LogP contribution in [0.3, 0.4) is 0 Å². The summed E-state index contributed by atoms with van der Waals surface area (Å²) in [4.78, 5) is 14.3. The van der Waals surface area contributed by atoms with Crippen molar-refractivity contribution in [1.29, 1.82) is 0 Å². The molecule has 2 aromatic rings. The number of fused-ring (bicyclic) bond motifs is 3. The Morgan fingerprint density at radius 2 is 1.83 bits per heavy atom. The predicted octanol–water partition coefficient (Wildman–Crippen LogP) is 3.46. The molecule has 0 saturated carbocycles. The molecular formula is C20H19FN2O. The molecule has 1 atom stereocenters. The van der Waals surface area contributed by atoms with E-state index in [2.05, 4.69) is 36.2 Å². The van der Waals surface area contributed by atoms with Crippen LogP contribution in [0.5, 0.6) is 0 Å². The zero-order chi connectivity index (χ0) is 16.9. The highest BCUT2D eigenvalue weighted by Gasteiger charge is 2.59. The molecule has 2 aromatic carbocycles. The number of nitrogens with one attached hydrogen (secondary N) is 1. The molecule has 4 heteroatoms. The first-order valence-corrected chi connectivity index (χ1v) is 8.07. The Bertz CT molecular complexity index is 841. The van der Waals surface area contributed by atoms with Crippen LogP contribution in [-0.4, -0.2) is 18.1 Å². The van der Waals surface area contributed by atoms with E-state index in [-0.39, 0.29) is 17.1 Å². The van der Waals surface area contributed by atoms with Gasteiger partial charge in [-0.1, -0.05) is 50.3 Å². The first-order valence-electron chi connectivity index (χ1n) is 8.07. The number of halogens is 1. The van der Waals surface area contributed by atoms with Crippen molar-refractivity contribution in [3.8, 4) is 0 Å². The lowest BCUT2D eigenvalue weighted by Crippen LogP contribution is -2.58. The highest BCUT2D eigenvalue weighted by atomic mass is 19.1. The van der Waals surface area contributed by atoms with Gasteiger partial charge in [-0.15, -0.1) is 0 Å². The molecular weight excluding hydrogens is 303 g/mol. The number of anilines is 1. The Labute approximate surface area is 140 Å². The van der Waals surface area contributed by atoms with Crippen molar-refractivity contribution in [2.24, 2.45) is 0 Å². The molecule has 0 aliphatic carbocycles. The molecule has 0 spiro atoms. The number of nitrogens with zero attached hydrogens (tertiary/aromatic N) is 1. The van der Waals surface area contributed by atoms with Crippen molar-refractivity contribution >= 4 is 17.7 Å². The second-order valence-corrected chi connectivity index (χ2v) is 6.93. The van der Waals surface area contributed by atoms with Crippen molar-refractivity contribution < 1.29 is 9.18 Å².